The standard InChI is InChI=1S/C12H14O3S/c1-3-8-15-10-6-4-9(5-7-10)11(13)12(14)16-2/h3-8,12,14H,1-2H3. The molecule has 0 fully saturated rings. The fourth-order valence-corrected chi connectivity index (χ4v) is 1.44. The lowest BCUT2D eigenvalue weighted by atomic mass is 10.1. The largest absolute Gasteiger partial charge is 0.465 e. The second-order valence-corrected chi connectivity index (χ2v) is 3.98. The lowest BCUT2D eigenvalue weighted by Crippen LogP contribution is -2.15. The van der Waals surface area contributed by atoms with Crippen LogP contribution in [-0.4, -0.2) is 22.6 Å². The Bertz CT molecular complexity index is 370. The number of benzene rings is 1. The van der Waals surface area contributed by atoms with Gasteiger partial charge in [0.05, 0.1) is 6.26 Å². The molecule has 16 heavy (non-hydrogen) atoms. The zero-order valence-electron chi connectivity index (χ0n) is 9.21. The highest BCUT2D eigenvalue weighted by Crippen LogP contribution is 2.16. The fourth-order valence-electron chi connectivity index (χ4n) is 1.09. The summed E-state index contributed by atoms with van der Waals surface area (Å²) in [7, 11) is 0. The molecule has 0 saturated carbocycles. The Morgan fingerprint density at radius 1 is 1.44 bits per heavy atom. The first kappa shape index (κ1) is 12.8. The van der Waals surface area contributed by atoms with Crippen molar-refractivity contribution in [2.75, 3.05) is 6.26 Å². The van der Waals surface area contributed by atoms with Crippen LogP contribution in [0, 0.1) is 0 Å². The van der Waals surface area contributed by atoms with Gasteiger partial charge in [-0.05, 0) is 37.4 Å². The molecule has 1 N–H and O–H groups in total. The summed E-state index contributed by atoms with van der Waals surface area (Å²) in [6.07, 6.45) is 5.02. The Kier molecular flexibility index (Phi) is 5.08. The van der Waals surface area contributed by atoms with Gasteiger partial charge in [0.25, 0.3) is 0 Å². The average Bonchev–Trinajstić information content (AvgIpc) is 2.35. The number of rotatable bonds is 5. The molecule has 0 bridgehead atoms. The van der Waals surface area contributed by atoms with Gasteiger partial charge in [-0.3, -0.25) is 4.79 Å². The van der Waals surface area contributed by atoms with Crippen molar-refractivity contribution in [2.45, 2.75) is 12.4 Å². The molecule has 3 nitrogen and oxygen atoms in total. The lowest BCUT2D eigenvalue weighted by Gasteiger charge is -2.06. The maximum atomic E-state index is 11.6. The smallest absolute Gasteiger partial charge is 0.201 e. The molecule has 0 aromatic heterocycles. The van der Waals surface area contributed by atoms with Crippen LogP contribution in [0.1, 0.15) is 17.3 Å². The monoisotopic (exact) mass is 238 g/mol. The van der Waals surface area contributed by atoms with Gasteiger partial charge in [-0.1, -0.05) is 6.08 Å². The van der Waals surface area contributed by atoms with Crippen LogP contribution >= 0.6 is 11.8 Å². The Morgan fingerprint density at radius 3 is 2.56 bits per heavy atom. The molecular formula is C12H14O3S. The third-order valence-corrected chi connectivity index (χ3v) is 2.59. The molecule has 1 aromatic carbocycles. The van der Waals surface area contributed by atoms with E-state index in [0.717, 1.165) is 11.8 Å². The van der Waals surface area contributed by atoms with Crippen LogP contribution in [0.5, 0.6) is 5.75 Å². The summed E-state index contributed by atoms with van der Waals surface area (Å²) in [6, 6.07) is 6.67. The van der Waals surface area contributed by atoms with E-state index in [4.69, 9.17) is 4.74 Å². The molecule has 0 spiro atoms. The highest BCUT2D eigenvalue weighted by molar-refractivity contribution is 7.99. The van der Waals surface area contributed by atoms with Crippen LogP contribution in [0.2, 0.25) is 0 Å². The minimum absolute atomic E-state index is 0.287. The Morgan fingerprint density at radius 2 is 2.06 bits per heavy atom. The van der Waals surface area contributed by atoms with Crippen LogP contribution in [0.15, 0.2) is 36.6 Å². The molecule has 4 heteroatoms. The lowest BCUT2D eigenvalue weighted by molar-refractivity contribution is 0.0869. The number of allylic oxidation sites excluding steroid dienone is 1. The van der Waals surface area contributed by atoms with Crippen LogP contribution in [0.3, 0.4) is 0 Å². The number of hydrogen-bond donors (Lipinski definition) is 1. The van der Waals surface area contributed by atoms with E-state index < -0.39 is 5.44 Å². The molecule has 0 radical (unpaired) electrons. The van der Waals surface area contributed by atoms with Crippen LogP contribution in [0.4, 0.5) is 0 Å². The van der Waals surface area contributed by atoms with Crippen molar-refractivity contribution >= 4 is 17.5 Å². The number of ether oxygens (including phenoxy) is 1. The molecule has 86 valence electrons. The van der Waals surface area contributed by atoms with E-state index in [2.05, 4.69) is 0 Å². The van der Waals surface area contributed by atoms with Crippen molar-refractivity contribution in [2.24, 2.45) is 0 Å². The van der Waals surface area contributed by atoms with E-state index in [1.165, 1.54) is 0 Å². The minimum Gasteiger partial charge on any atom is -0.465 e. The molecule has 1 aromatic rings. The fraction of sp³-hybridized carbons (Fsp3) is 0.250. The van der Waals surface area contributed by atoms with Gasteiger partial charge in [0.15, 0.2) is 5.44 Å². The number of ketones is 1. The summed E-state index contributed by atoms with van der Waals surface area (Å²) in [5.41, 5.74) is -0.517. The molecule has 1 rings (SSSR count). The first-order valence-electron chi connectivity index (χ1n) is 4.82. The number of aliphatic hydroxyl groups excluding tert-OH is 1. The van der Waals surface area contributed by atoms with Crippen molar-refractivity contribution in [3.05, 3.63) is 42.2 Å². The van der Waals surface area contributed by atoms with Gasteiger partial charge in [-0.25, -0.2) is 0 Å². The molecule has 0 saturated heterocycles. The molecule has 0 aliphatic rings. The number of hydrogen-bond acceptors (Lipinski definition) is 4. The Labute approximate surface area is 99.1 Å². The van der Waals surface area contributed by atoms with Gasteiger partial charge >= 0.3 is 0 Å². The predicted molar refractivity (Wildman–Crippen MR) is 65.7 cm³/mol. The van der Waals surface area contributed by atoms with E-state index in [-0.39, 0.29) is 5.78 Å². The summed E-state index contributed by atoms with van der Waals surface area (Å²) in [5.74, 6) is 0.373. The van der Waals surface area contributed by atoms with Crippen LogP contribution in [0.25, 0.3) is 0 Å². The number of Topliss-reactive ketones (excluding diaryl/α,β-unsaturated/α-hetero) is 1. The van der Waals surface area contributed by atoms with Crippen LogP contribution in [-0.2, 0) is 0 Å². The summed E-state index contributed by atoms with van der Waals surface area (Å²) in [4.78, 5) is 11.6. The van der Waals surface area contributed by atoms with Crippen molar-refractivity contribution in [1.29, 1.82) is 0 Å². The second-order valence-electron chi connectivity index (χ2n) is 3.06. The maximum Gasteiger partial charge on any atom is 0.201 e. The molecule has 0 amide bonds. The van der Waals surface area contributed by atoms with Crippen molar-refractivity contribution < 1.29 is 14.6 Å². The molecule has 0 heterocycles. The molecule has 0 aliphatic carbocycles. The summed E-state index contributed by atoms with van der Waals surface area (Å²) >= 11 is 1.11. The van der Waals surface area contributed by atoms with E-state index >= 15 is 0 Å². The van der Waals surface area contributed by atoms with Crippen LogP contribution < -0.4 is 4.74 Å². The predicted octanol–water partition coefficient (Wildman–Crippen LogP) is 2.46. The van der Waals surface area contributed by atoms with Gasteiger partial charge in [0.2, 0.25) is 5.78 Å². The number of aliphatic hydroxyl groups is 1. The van der Waals surface area contributed by atoms with E-state index in [1.807, 2.05) is 6.92 Å². The number of thioether (sulfide) groups is 1. The SMILES string of the molecule is CC=COc1ccc(C(=O)C(O)SC)cc1. The first-order chi connectivity index (χ1) is 7.69. The zero-order valence-corrected chi connectivity index (χ0v) is 10.0. The Balaban J connectivity index is 2.74. The highest BCUT2D eigenvalue weighted by atomic mass is 32.2. The van der Waals surface area contributed by atoms with Crippen molar-refractivity contribution in [3.8, 4) is 5.75 Å². The maximum absolute atomic E-state index is 11.6. The van der Waals surface area contributed by atoms with Gasteiger partial charge in [-0.15, -0.1) is 11.8 Å². The second kappa shape index (κ2) is 6.35. The molecular weight excluding hydrogens is 224 g/mol. The quantitative estimate of drug-likeness (QED) is 0.486. The van der Waals surface area contributed by atoms with Gasteiger partial charge in [0, 0.05) is 5.56 Å². The normalized spacial score (nSPS) is 12.7. The van der Waals surface area contributed by atoms with Crippen molar-refractivity contribution in [3.63, 3.8) is 0 Å². The number of carbonyl (C=O) groups excluding carboxylic acids is 1. The van der Waals surface area contributed by atoms with Gasteiger partial charge in [-0.2, -0.15) is 0 Å². The summed E-state index contributed by atoms with van der Waals surface area (Å²) in [5, 5.41) is 9.36. The van der Waals surface area contributed by atoms with E-state index in [1.54, 1.807) is 42.9 Å². The third-order valence-electron chi connectivity index (χ3n) is 1.93. The van der Waals surface area contributed by atoms with Crippen molar-refractivity contribution in [1.82, 2.24) is 0 Å². The topological polar surface area (TPSA) is 46.5 Å². The van der Waals surface area contributed by atoms with Gasteiger partial charge in [0.1, 0.15) is 5.75 Å². The summed E-state index contributed by atoms with van der Waals surface area (Å²) < 4.78 is 5.22. The molecule has 0 aliphatic heterocycles. The van der Waals surface area contributed by atoms with E-state index in [0.29, 0.717) is 11.3 Å². The zero-order chi connectivity index (χ0) is 12.0. The Hall–Kier alpha value is -1.26. The van der Waals surface area contributed by atoms with E-state index in [9.17, 15) is 9.90 Å². The highest BCUT2D eigenvalue weighted by Gasteiger charge is 2.15. The number of carbonyl (C=O) groups is 1. The molecule has 1 atom stereocenters. The average molecular weight is 238 g/mol. The third kappa shape index (κ3) is 3.40. The summed E-state index contributed by atoms with van der Waals surface area (Å²) in [6.45, 7) is 1.85. The minimum atomic E-state index is -0.998. The van der Waals surface area contributed by atoms with Gasteiger partial charge < -0.3 is 9.84 Å². The first-order valence-corrected chi connectivity index (χ1v) is 6.10. The molecule has 1 unspecified atom stereocenters.